The van der Waals surface area contributed by atoms with Gasteiger partial charge in [0.05, 0.1) is 12.5 Å². The standard InChI is InChI=1S/C14H19N3O2/c1-9-6-7-16-13(9)14(19)17-11-4-2-10(3-5-11)8-12(15)18/h2-5,9,13,16H,6-8H2,1H3,(H2,15,18)(H,17,19). The van der Waals surface area contributed by atoms with Crippen LogP contribution >= 0.6 is 0 Å². The summed E-state index contributed by atoms with van der Waals surface area (Å²) >= 11 is 0. The quantitative estimate of drug-likeness (QED) is 0.744. The van der Waals surface area contributed by atoms with Gasteiger partial charge >= 0.3 is 0 Å². The van der Waals surface area contributed by atoms with Crippen LogP contribution in [0.1, 0.15) is 18.9 Å². The molecule has 0 aromatic heterocycles. The number of hydrogen-bond donors (Lipinski definition) is 3. The second kappa shape index (κ2) is 5.84. The average Bonchev–Trinajstić information content (AvgIpc) is 2.77. The first-order valence-electron chi connectivity index (χ1n) is 6.48. The van der Waals surface area contributed by atoms with Crippen LogP contribution in [0.4, 0.5) is 5.69 Å². The number of anilines is 1. The minimum Gasteiger partial charge on any atom is -0.369 e. The number of nitrogens with two attached hydrogens (primary N) is 1. The number of carbonyl (C=O) groups excluding carboxylic acids is 2. The van der Waals surface area contributed by atoms with Crippen LogP contribution in [-0.2, 0) is 16.0 Å². The fraction of sp³-hybridized carbons (Fsp3) is 0.429. The van der Waals surface area contributed by atoms with Gasteiger partial charge in [-0.2, -0.15) is 0 Å². The molecule has 1 saturated heterocycles. The van der Waals surface area contributed by atoms with Crippen molar-refractivity contribution in [2.45, 2.75) is 25.8 Å². The van der Waals surface area contributed by atoms with Crippen molar-refractivity contribution in [3.05, 3.63) is 29.8 Å². The Kier molecular flexibility index (Phi) is 4.16. The van der Waals surface area contributed by atoms with Crippen LogP contribution in [0.5, 0.6) is 0 Å². The molecule has 0 radical (unpaired) electrons. The van der Waals surface area contributed by atoms with Gasteiger partial charge < -0.3 is 16.4 Å². The Balaban J connectivity index is 1.95. The van der Waals surface area contributed by atoms with Crippen LogP contribution in [0, 0.1) is 5.92 Å². The molecule has 2 amide bonds. The molecule has 5 heteroatoms. The second-order valence-corrected chi connectivity index (χ2v) is 5.03. The molecular formula is C14H19N3O2. The number of amides is 2. The van der Waals surface area contributed by atoms with Crippen molar-refractivity contribution >= 4 is 17.5 Å². The second-order valence-electron chi connectivity index (χ2n) is 5.03. The lowest BCUT2D eigenvalue weighted by molar-refractivity contribution is -0.119. The lowest BCUT2D eigenvalue weighted by atomic mass is 10.0. The maximum absolute atomic E-state index is 12.0. The Hall–Kier alpha value is -1.88. The van der Waals surface area contributed by atoms with E-state index in [-0.39, 0.29) is 24.3 Å². The van der Waals surface area contributed by atoms with Gasteiger partial charge in [-0.15, -0.1) is 0 Å². The maximum Gasteiger partial charge on any atom is 0.241 e. The topological polar surface area (TPSA) is 84.2 Å². The predicted octanol–water partition coefficient (Wildman–Crippen LogP) is 0.651. The molecule has 0 bridgehead atoms. The van der Waals surface area contributed by atoms with Crippen LogP contribution in [0.2, 0.25) is 0 Å². The highest BCUT2D eigenvalue weighted by Crippen LogP contribution is 2.17. The molecule has 5 nitrogen and oxygen atoms in total. The summed E-state index contributed by atoms with van der Waals surface area (Å²) in [6.45, 7) is 2.96. The van der Waals surface area contributed by atoms with Crippen molar-refractivity contribution in [1.82, 2.24) is 5.32 Å². The van der Waals surface area contributed by atoms with Crippen molar-refractivity contribution in [3.8, 4) is 0 Å². The lowest BCUT2D eigenvalue weighted by Crippen LogP contribution is -2.39. The van der Waals surface area contributed by atoms with Crippen LogP contribution in [0.15, 0.2) is 24.3 Å². The number of nitrogens with one attached hydrogen (secondary N) is 2. The summed E-state index contributed by atoms with van der Waals surface area (Å²) in [6, 6.07) is 7.05. The van der Waals surface area contributed by atoms with E-state index in [1.54, 1.807) is 24.3 Å². The Morgan fingerprint density at radius 1 is 1.37 bits per heavy atom. The fourth-order valence-corrected chi connectivity index (χ4v) is 2.31. The molecule has 1 aromatic carbocycles. The van der Waals surface area contributed by atoms with E-state index < -0.39 is 0 Å². The molecule has 102 valence electrons. The monoisotopic (exact) mass is 261 g/mol. The van der Waals surface area contributed by atoms with Crippen LogP contribution in [-0.4, -0.2) is 24.4 Å². The van der Waals surface area contributed by atoms with Crippen LogP contribution in [0.3, 0.4) is 0 Å². The molecule has 1 aliphatic rings. The van der Waals surface area contributed by atoms with Gasteiger partial charge in [-0.3, -0.25) is 9.59 Å². The molecule has 1 aromatic rings. The molecule has 2 unspecified atom stereocenters. The van der Waals surface area contributed by atoms with Crippen molar-refractivity contribution < 1.29 is 9.59 Å². The van der Waals surface area contributed by atoms with Gasteiger partial charge in [-0.25, -0.2) is 0 Å². The zero-order chi connectivity index (χ0) is 13.8. The molecule has 1 heterocycles. The first-order chi connectivity index (χ1) is 9.06. The van der Waals surface area contributed by atoms with Gasteiger partial charge in [0.2, 0.25) is 11.8 Å². The van der Waals surface area contributed by atoms with E-state index in [9.17, 15) is 9.59 Å². The van der Waals surface area contributed by atoms with Gasteiger partial charge in [0, 0.05) is 5.69 Å². The summed E-state index contributed by atoms with van der Waals surface area (Å²) in [6.07, 6.45) is 1.24. The molecule has 2 atom stereocenters. The van der Waals surface area contributed by atoms with E-state index in [0.29, 0.717) is 5.92 Å². The Morgan fingerprint density at radius 2 is 2.05 bits per heavy atom. The van der Waals surface area contributed by atoms with Gasteiger partial charge in [0.25, 0.3) is 0 Å². The summed E-state index contributed by atoms with van der Waals surface area (Å²) in [5.74, 6) is -0.0115. The largest absolute Gasteiger partial charge is 0.369 e. The van der Waals surface area contributed by atoms with E-state index in [1.807, 2.05) is 0 Å². The van der Waals surface area contributed by atoms with Crippen molar-refractivity contribution in [3.63, 3.8) is 0 Å². The Morgan fingerprint density at radius 3 is 2.58 bits per heavy atom. The fourth-order valence-electron chi connectivity index (χ4n) is 2.31. The molecule has 0 saturated carbocycles. The summed E-state index contributed by atoms with van der Waals surface area (Å²) in [5, 5.41) is 6.07. The molecular weight excluding hydrogens is 242 g/mol. The van der Waals surface area contributed by atoms with E-state index in [4.69, 9.17) is 5.73 Å². The highest BCUT2D eigenvalue weighted by molar-refractivity contribution is 5.95. The smallest absolute Gasteiger partial charge is 0.241 e. The van der Waals surface area contributed by atoms with Crippen molar-refractivity contribution in [2.75, 3.05) is 11.9 Å². The van der Waals surface area contributed by atoms with E-state index >= 15 is 0 Å². The van der Waals surface area contributed by atoms with Crippen LogP contribution in [0.25, 0.3) is 0 Å². The first-order valence-corrected chi connectivity index (χ1v) is 6.48. The summed E-state index contributed by atoms with van der Waals surface area (Å²) in [4.78, 5) is 22.8. The highest BCUT2D eigenvalue weighted by Gasteiger charge is 2.29. The van der Waals surface area contributed by atoms with Crippen LogP contribution < -0.4 is 16.4 Å². The summed E-state index contributed by atoms with van der Waals surface area (Å²) in [7, 11) is 0. The normalized spacial score (nSPS) is 22.2. The SMILES string of the molecule is CC1CCNC1C(=O)Nc1ccc(CC(N)=O)cc1. The number of benzene rings is 1. The molecule has 4 N–H and O–H groups in total. The number of carbonyl (C=O) groups is 2. The molecule has 1 fully saturated rings. The predicted molar refractivity (Wildman–Crippen MR) is 73.5 cm³/mol. The zero-order valence-electron chi connectivity index (χ0n) is 11.0. The van der Waals surface area contributed by atoms with Gasteiger partial charge in [-0.05, 0) is 36.6 Å². The van der Waals surface area contributed by atoms with Gasteiger partial charge in [-0.1, -0.05) is 19.1 Å². The third-order valence-corrected chi connectivity index (χ3v) is 3.42. The Labute approximate surface area is 112 Å². The number of hydrogen-bond acceptors (Lipinski definition) is 3. The summed E-state index contributed by atoms with van der Waals surface area (Å²) in [5.41, 5.74) is 6.70. The van der Waals surface area contributed by atoms with Crippen molar-refractivity contribution in [2.24, 2.45) is 11.7 Å². The minimum absolute atomic E-state index is 0.00680. The molecule has 0 spiro atoms. The molecule has 2 rings (SSSR count). The van der Waals surface area contributed by atoms with Gasteiger partial charge in [0.15, 0.2) is 0 Å². The third kappa shape index (κ3) is 3.54. The highest BCUT2D eigenvalue weighted by atomic mass is 16.2. The molecule has 0 aliphatic carbocycles. The first kappa shape index (κ1) is 13.5. The summed E-state index contributed by atoms with van der Waals surface area (Å²) < 4.78 is 0. The van der Waals surface area contributed by atoms with E-state index in [2.05, 4.69) is 17.6 Å². The maximum atomic E-state index is 12.0. The zero-order valence-corrected chi connectivity index (χ0v) is 11.0. The Bertz CT molecular complexity index is 470. The number of rotatable bonds is 4. The van der Waals surface area contributed by atoms with Crippen molar-refractivity contribution in [1.29, 1.82) is 0 Å². The lowest BCUT2D eigenvalue weighted by Gasteiger charge is -2.15. The average molecular weight is 261 g/mol. The molecule has 1 aliphatic heterocycles. The minimum atomic E-state index is -0.360. The van der Waals surface area contributed by atoms with E-state index in [0.717, 1.165) is 24.2 Å². The number of primary amides is 1. The third-order valence-electron chi connectivity index (χ3n) is 3.42. The van der Waals surface area contributed by atoms with E-state index in [1.165, 1.54) is 0 Å². The van der Waals surface area contributed by atoms with Gasteiger partial charge in [0.1, 0.15) is 0 Å². The molecule has 19 heavy (non-hydrogen) atoms.